The second-order valence-corrected chi connectivity index (χ2v) is 3.09. The molecular weight excluding hydrogens is 208 g/mol. The van der Waals surface area contributed by atoms with Crippen molar-refractivity contribution >= 4 is 5.69 Å². The van der Waals surface area contributed by atoms with Crippen LogP contribution in [0.15, 0.2) is 12.1 Å². The second-order valence-electron chi connectivity index (χ2n) is 3.09. The van der Waals surface area contributed by atoms with Crippen LogP contribution in [0.1, 0.15) is 11.7 Å². The van der Waals surface area contributed by atoms with Gasteiger partial charge in [0, 0.05) is 17.3 Å². The van der Waals surface area contributed by atoms with Gasteiger partial charge in [-0.15, -0.1) is 0 Å². The van der Waals surface area contributed by atoms with Crippen molar-refractivity contribution in [3.8, 4) is 0 Å². The predicted octanol–water partition coefficient (Wildman–Crippen LogP) is -0.0664. The summed E-state index contributed by atoms with van der Waals surface area (Å²) in [6.07, 6.45) is -3.25. The number of nitrogen functional groups attached to an aromatic ring is 1. The zero-order valence-electron chi connectivity index (χ0n) is 7.69. The number of anilines is 1. The lowest BCUT2D eigenvalue weighted by atomic mass is 10.0. The average Bonchev–Trinajstić information content (AvgIpc) is 2.14. The molecule has 0 aliphatic rings. The number of hydrogen-bond acceptors (Lipinski definition) is 4. The summed E-state index contributed by atoms with van der Waals surface area (Å²) in [6.45, 7) is -0.753. The molecule has 1 aromatic carbocycles. The molecule has 1 rings (SSSR count). The van der Waals surface area contributed by atoms with Gasteiger partial charge in [0.25, 0.3) is 0 Å². The van der Waals surface area contributed by atoms with Gasteiger partial charge in [0.15, 0.2) is 0 Å². The summed E-state index contributed by atoms with van der Waals surface area (Å²) in [6, 6.07) is 1.37. The SMILES string of the molecule is Nc1cc(F)cc(F)c1C(O)C(O)CO. The highest BCUT2D eigenvalue weighted by Gasteiger charge is 2.23. The molecule has 0 saturated carbocycles. The van der Waals surface area contributed by atoms with Crippen LogP contribution >= 0.6 is 0 Å². The molecule has 0 aliphatic heterocycles. The maximum Gasteiger partial charge on any atom is 0.134 e. The Kier molecular flexibility index (Phi) is 3.57. The third-order valence-electron chi connectivity index (χ3n) is 1.97. The monoisotopic (exact) mass is 219 g/mol. The zero-order chi connectivity index (χ0) is 11.6. The number of nitrogens with two attached hydrogens (primary N) is 1. The fourth-order valence-electron chi connectivity index (χ4n) is 1.21. The Morgan fingerprint density at radius 1 is 1.27 bits per heavy atom. The number of aliphatic hydroxyl groups excluding tert-OH is 3. The van der Waals surface area contributed by atoms with Crippen LogP contribution in [0.3, 0.4) is 0 Å². The van der Waals surface area contributed by atoms with Gasteiger partial charge >= 0.3 is 0 Å². The highest BCUT2D eigenvalue weighted by atomic mass is 19.1. The van der Waals surface area contributed by atoms with Gasteiger partial charge in [-0.3, -0.25) is 0 Å². The summed E-state index contributed by atoms with van der Waals surface area (Å²) >= 11 is 0. The highest BCUT2D eigenvalue weighted by molar-refractivity contribution is 5.49. The number of aliphatic hydroxyl groups is 3. The quantitative estimate of drug-likeness (QED) is 0.536. The van der Waals surface area contributed by atoms with Gasteiger partial charge in [0.05, 0.1) is 6.61 Å². The predicted molar refractivity (Wildman–Crippen MR) is 48.8 cm³/mol. The lowest BCUT2D eigenvalue weighted by Gasteiger charge is -2.18. The van der Waals surface area contributed by atoms with E-state index in [9.17, 15) is 13.9 Å². The van der Waals surface area contributed by atoms with E-state index in [0.717, 1.165) is 6.07 Å². The van der Waals surface area contributed by atoms with Gasteiger partial charge in [0.1, 0.15) is 23.8 Å². The Hall–Kier alpha value is -1.24. The largest absolute Gasteiger partial charge is 0.398 e. The molecule has 0 aromatic heterocycles. The highest BCUT2D eigenvalue weighted by Crippen LogP contribution is 2.27. The molecule has 6 heteroatoms. The minimum absolute atomic E-state index is 0.312. The van der Waals surface area contributed by atoms with Gasteiger partial charge in [-0.1, -0.05) is 0 Å². The van der Waals surface area contributed by atoms with E-state index < -0.39 is 36.0 Å². The molecule has 0 saturated heterocycles. The molecule has 0 spiro atoms. The smallest absolute Gasteiger partial charge is 0.134 e. The molecule has 0 amide bonds. The molecule has 5 N–H and O–H groups in total. The van der Waals surface area contributed by atoms with Crippen molar-refractivity contribution < 1.29 is 24.1 Å². The van der Waals surface area contributed by atoms with E-state index in [1.165, 1.54) is 0 Å². The molecule has 2 atom stereocenters. The maximum absolute atomic E-state index is 13.2. The van der Waals surface area contributed by atoms with Crippen LogP contribution in [0.25, 0.3) is 0 Å². The van der Waals surface area contributed by atoms with E-state index in [1.54, 1.807) is 0 Å². The van der Waals surface area contributed by atoms with E-state index in [2.05, 4.69) is 0 Å². The third kappa shape index (κ3) is 2.41. The summed E-state index contributed by atoms with van der Waals surface area (Å²) in [5.74, 6) is -1.94. The van der Waals surface area contributed by atoms with Crippen LogP contribution in [0.5, 0.6) is 0 Å². The van der Waals surface area contributed by atoms with E-state index in [-0.39, 0.29) is 5.69 Å². The normalized spacial score (nSPS) is 15.0. The van der Waals surface area contributed by atoms with Crippen LogP contribution in [0, 0.1) is 11.6 Å². The maximum atomic E-state index is 13.2. The summed E-state index contributed by atoms with van der Waals surface area (Å²) in [4.78, 5) is 0. The van der Waals surface area contributed by atoms with Gasteiger partial charge in [-0.25, -0.2) is 8.78 Å². The van der Waals surface area contributed by atoms with Crippen LogP contribution < -0.4 is 5.73 Å². The first-order valence-electron chi connectivity index (χ1n) is 4.18. The average molecular weight is 219 g/mol. The van der Waals surface area contributed by atoms with Crippen molar-refractivity contribution in [3.05, 3.63) is 29.3 Å². The van der Waals surface area contributed by atoms with Gasteiger partial charge in [-0.05, 0) is 6.07 Å². The molecule has 1 aromatic rings. The Labute approximate surface area is 84.6 Å². The van der Waals surface area contributed by atoms with Gasteiger partial charge < -0.3 is 21.1 Å². The van der Waals surface area contributed by atoms with Crippen molar-refractivity contribution in [2.75, 3.05) is 12.3 Å². The van der Waals surface area contributed by atoms with Crippen LogP contribution in [-0.2, 0) is 0 Å². The first-order chi connectivity index (χ1) is 6.97. The summed E-state index contributed by atoms with van der Waals surface area (Å²) in [5, 5.41) is 27.0. The second kappa shape index (κ2) is 4.52. The van der Waals surface area contributed by atoms with Gasteiger partial charge in [-0.2, -0.15) is 0 Å². The topological polar surface area (TPSA) is 86.7 Å². The van der Waals surface area contributed by atoms with Crippen molar-refractivity contribution in [1.82, 2.24) is 0 Å². The third-order valence-corrected chi connectivity index (χ3v) is 1.97. The number of rotatable bonds is 3. The summed E-state index contributed by atoms with van der Waals surface area (Å²) in [5.41, 5.74) is 4.55. The zero-order valence-corrected chi connectivity index (χ0v) is 7.69. The molecule has 4 nitrogen and oxygen atoms in total. The van der Waals surface area contributed by atoms with E-state index in [1.807, 2.05) is 0 Å². The Morgan fingerprint density at radius 3 is 2.33 bits per heavy atom. The van der Waals surface area contributed by atoms with E-state index in [0.29, 0.717) is 6.07 Å². The molecule has 84 valence electrons. The van der Waals surface area contributed by atoms with Crippen molar-refractivity contribution in [1.29, 1.82) is 0 Å². The van der Waals surface area contributed by atoms with Crippen molar-refractivity contribution in [2.45, 2.75) is 12.2 Å². The van der Waals surface area contributed by atoms with Gasteiger partial charge in [0.2, 0.25) is 0 Å². The molecular formula is C9H11F2NO3. The molecule has 2 unspecified atom stereocenters. The minimum Gasteiger partial charge on any atom is -0.398 e. The van der Waals surface area contributed by atoms with Crippen LogP contribution in [0.4, 0.5) is 14.5 Å². The van der Waals surface area contributed by atoms with E-state index >= 15 is 0 Å². The minimum atomic E-state index is -1.68. The van der Waals surface area contributed by atoms with Crippen molar-refractivity contribution in [2.24, 2.45) is 0 Å². The fraction of sp³-hybridized carbons (Fsp3) is 0.333. The number of halogens is 2. The molecule has 0 heterocycles. The Balaban J connectivity index is 3.13. The Morgan fingerprint density at radius 2 is 1.87 bits per heavy atom. The lowest BCUT2D eigenvalue weighted by Crippen LogP contribution is -2.24. The van der Waals surface area contributed by atoms with Crippen LogP contribution in [-0.4, -0.2) is 28.0 Å². The number of benzene rings is 1. The molecule has 0 radical (unpaired) electrons. The fourth-order valence-corrected chi connectivity index (χ4v) is 1.21. The Bertz CT molecular complexity index is 336. The summed E-state index contributed by atoms with van der Waals surface area (Å²) < 4.78 is 25.8. The number of hydrogen-bond donors (Lipinski definition) is 4. The van der Waals surface area contributed by atoms with Crippen molar-refractivity contribution in [3.63, 3.8) is 0 Å². The first kappa shape index (κ1) is 11.8. The molecule has 0 aliphatic carbocycles. The van der Waals surface area contributed by atoms with Crippen LogP contribution in [0.2, 0.25) is 0 Å². The summed E-state index contributed by atoms with van der Waals surface area (Å²) in [7, 11) is 0. The van der Waals surface area contributed by atoms with E-state index in [4.69, 9.17) is 15.9 Å². The lowest BCUT2D eigenvalue weighted by molar-refractivity contribution is -0.0164. The first-order valence-corrected chi connectivity index (χ1v) is 4.18. The molecule has 0 bridgehead atoms. The standard InChI is InChI=1S/C9H11F2NO3/c10-4-1-5(11)8(6(12)2-4)9(15)7(14)3-13/h1-2,7,9,13-15H,3,12H2. The molecule has 0 fully saturated rings. The molecule has 15 heavy (non-hydrogen) atoms.